The highest BCUT2D eigenvalue weighted by atomic mass is 16.5. The zero-order chi connectivity index (χ0) is 10.8. The summed E-state index contributed by atoms with van der Waals surface area (Å²) in [5.74, 6) is 1.38. The van der Waals surface area contributed by atoms with Crippen LogP contribution < -0.4 is 4.74 Å². The summed E-state index contributed by atoms with van der Waals surface area (Å²) in [5.41, 5.74) is 2.15. The van der Waals surface area contributed by atoms with Gasteiger partial charge < -0.3 is 4.74 Å². The number of benzene rings is 1. The number of fused-ring (bicyclic) bond motifs is 1. The van der Waals surface area contributed by atoms with E-state index in [2.05, 4.69) is 24.0 Å². The van der Waals surface area contributed by atoms with Crippen LogP contribution >= 0.6 is 0 Å². The molecule has 82 valence electrons. The fourth-order valence-electron chi connectivity index (χ4n) is 1.79. The average molecular weight is 206 g/mol. The first kappa shape index (κ1) is 10.0. The van der Waals surface area contributed by atoms with Crippen molar-refractivity contribution >= 4 is 10.9 Å². The van der Waals surface area contributed by atoms with Gasteiger partial charge in [0.1, 0.15) is 5.75 Å². The van der Waals surface area contributed by atoms with E-state index in [4.69, 9.17) is 4.74 Å². The van der Waals surface area contributed by atoms with E-state index < -0.39 is 0 Å². The van der Waals surface area contributed by atoms with Crippen molar-refractivity contribution in [3.63, 3.8) is 0 Å². The summed E-state index contributed by atoms with van der Waals surface area (Å²) in [5, 5.41) is 8.52. The van der Waals surface area contributed by atoms with Crippen LogP contribution in [0.5, 0.6) is 5.75 Å². The summed E-state index contributed by atoms with van der Waals surface area (Å²) < 4.78 is 5.36. The van der Waals surface area contributed by atoms with Crippen LogP contribution in [0.3, 0.4) is 0 Å². The Labute approximate surface area is 90.9 Å². The number of nitrogens with zero attached hydrogens (tertiary/aromatic N) is 1. The van der Waals surface area contributed by atoms with Gasteiger partial charge in [0.25, 0.3) is 0 Å². The van der Waals surface area contributed by atoms with E-state index in [1.807, 2.05) is 18.2 Å². The summed E-state index contributed by atoms with van der Waals surface area (Å²) in [7, 11) is 1.70. The van der Waals surface area contributed by atoms with E-state index in [-0.39, 0.29) is 1.43 Å². The Balaban J connectivity index is 0.00000128. The second-order valence-electron chi connectivity index (χ2n) is 3.80. The molecule has 0 aliphatic heterocycles. The zero-order valence-corrected chi connectivity index (χ0v) is 9.37. The molecule has 0 aliphatic rings. The van der Waals surface area contributed by atoms with Crippen LogP contribution in [0, 0.1) is 0 Å². The van der Waals surface area contributed by atoms with Crippen molar-refractivity contribution in [1.82, 2.24) is 10.2 Å². The Morgan fingerprint density at radius 3 is 3.00 bits per heavy atom. The second kappa shape index (κ2) is 3.93. The van der Waals surface area contributed by atoms with Crippen molar-refractivity contribution < 1.29 is 6.16 Å². The first-order valence-corrected chi connectivity index (χ1v) is 5.28. The van der Waals surface area contributed by atoms with Crippen LogP contribution in [0.2, 0.25) is 0 Å². The van der Waals surface area contributed by atoms with Crippen molar-refractivity contribution in [1.29, 1.82) is 0 Å². The fourth-order valence-corrected chi connectivity index (χ4v) is 1.79. The highest BCUT2D eigenvalue weighted by molar-refractivity contribution is 5.88. The molecule has 2 rings (SSSR count). The number of hydrogen-bond donors (Lipinski definition) is 1. The van der Waals surface area contributed by atoms with Gasteiger partial charge in [-0.2, -0.15) is 5.10 Å². The third kappa shape index (κ3) is 1.58. The lowest BCUT2D eigenvalue weighted by Gasteiger charge is -2.08. The summed E-state index contributed by atoms with van der Waals surface area (Å²) in [6.45, 7) is 4.37. The average Bonchev–Trinajstić information content (AvgIpc) is 2.71. The molecule has 3 nitrogen and oxygen atoms in total. The Morgan fingerprint density at radius 1 is 1.53 bits per heavy atom. The van der Waals surface area contributed by atoms with Crippen LogP contribution in [0.1, 0.15) is 33.3 Å². The smallest absolute Gasteiger partial charge is 0.130 e. The normalized spacial score (nSPS) is 13.0. The molecule has 0 radical (unpaired) electrons. The monoisotopic (exact) mass is 206 g/mol. The maximum atomic E-state index is 5.36. The van der Waals surface area contributed by atoms with E-state index in [1.54, 1.807) is 7.11 Å². The number of aromatic nitrogens is 2. The molecule has 1 aromatic heterocycles. The first-order valence-electron chi connectivity index (χ1n) is 5.28. The molecule has 0 spiro atoms. The second-order valence-corrected chi connectivity index (χ2v) is 3.80. The van der Waals surface area contributed by atoms with Crippen LogP contribution in [0.25, 0.3) is 10.9 Å². The minimum Gasteiger partial charge on any atom is -0.496 e. The number of hydrogen-bond acceptors (Lipinski definition) is 2. The van der Waals surface area contributed by atoms with E-state index >= 15 is 0 Å². The molecule has 3 heteroatoms. The quantitative estimate of drug-likeness (QED) is 0.836. The molecule has 0 saturated heterocycles. The zero-order valence-electron chi connectivity index (χ0n) is 9.37. The van der Waals surface area contributed by atoms with Crippen LogP contribution in [0.15, 0.2) is 18.2 Å². The summed E-state index contributed by atoms with van der Waals surface area (Å²) >= 11 is 0. The Hall–Kier alpha value is -1.51. The van der Waals surface area contributed by atoms with Crippen molar-refractivity contribution in [2.24, 2.45) is 0 Å². The largest absolute Gasteiger partial charge is 0.496 e. The van der Waals surface area contributed by atoms with E-state index in [9.17, 15) is 0 Å². The third-order valence-electron chi connectivity index (χ3n) is 2.90. The number of methoxy groups -OCH3 is 1. The van der Waals surface area contributed by atoms with Crippen molar-refractivity contribution in [2.45, 2.75) is 26.2 Å². The van der Waals surface area contributed by atoms with Crippen molar-refractivity contribution in [3.8, 4) is 5.75 Å². The predicted octanol–water partition coefficient (Wildman–Crippen LogP) is 3.33. The number of ether oxygens (including phenoxy) is 1. The molecule has 1 heterocycles. The fraction of sp³-hybridized carbons (Fsp3) is 0.417. The van der Waals surface area contributed by atoms with Crippen LogP contribution in [-0.2, 0) is 0 Å². The standard InChI is InChI=1S/C12H16N2O.H2/c1-4-8(2)12-11-9(13-14-12)6-5-7-10(11)15-3;/h5-8H,4H2,1-3H3,(H,13,14);1H. The molecule has 0 aliphatic carbocycles. The van der Waals surface area contributed by atoms with Gasteiger partial charge in [-0.15, -0.1) is 0 Å². The first-order chi connectivity index (χ1) is 7.27. The summed E-state index contributed by atoms with van der Waals surface area (Å²) in [6, 6.07) is 5.94. The molecular formula is C12H18N2O. The molecule has 0 saturated carbocycles. The minimum absolute atomic E-state index is 0. The number of nitrogens with one attached hydrogen (secondary N) is 1. The molecule has 1 unspecified atom stereocenters. The highest BCUT2D eigenvalue weighted by Gasteiger charge is 2.14. The molecular weight excluding hydrogens is 188 g/mol. The molecule has 1 N–H and O–H groups in total. The molecule has 2 aromatic rings. The van der Waals surface area contributed by atoms with Gasteiger partial charge in [-0.1, -0.05) is 19.9 Å². The number of rotatable bonds is 3. The van der Waals surface area contributed by atoms with E-state index in [1.165, 1.54) is 5.69 Å². The van der Waals surface area contributed by atoms with Gasteiger partial charge in [-0.05, 0) is 24.5 Å². The van der Waals surface area contributed by atoms with Gasteiger partial charge in [0.2, 0.25) is 0 Å². The molecule has 0 amide bonds. The molecule has 1 aromatic carbocycles. The maximum Gasteiger partial charge on any atom is 0.130 e. The van der Waals surface area contributed by atoms with Gasteiger partial charge in [-0.3, -0.25) is 5.10 Å². The topological polar surface area (TPSA) is 37.9 Å². The van der Waals surface area contributed by atoms with Gasteiger partial charge >= 0.3 is 0 Å². The lowest BCUT2D eigenvalue weighted by Crippen LogP contribution is -1.93. The van der Waals surface area contributed by atoms with Gasteiger partial charge in [0, 0.05) is 7.12 Å². The van der Waals surface area contributed by atoms with Gasteiger partial charge in [-0.25, -0.2) is 0 Å². The lowest BCUT2D eigenvalue weighted by molar-refractivity contribution is 0.419. The lowest BCUT2D eigenvalue weighted by atomic mass is 10.0. The summed E-state index contributed by atoms with van der Waals surface area (Å²) in [4.78, 5) is 0. The van der Waals surface area contributed by atoms with Crippen LogP contribution in [-0.4, -0.2) is 17.3 Å². The van der Waals surface area contributed by atoms with Crippen LogP contribution in [0.4, 0.5) is 0 Å². The molecule has 0 bridgehead atoms. The number of H-pyrrole nitrogens is 1. The summed E-state index contributed by atoms with van der Waals surface area (Å²) in [6.07, 6.45) is 1.09. The maximum absolute atomic E-state index is 5.36. The van der Waals surface area contributed by atoms with E-state index in [0.717, 1.165) is 23.1 Å². The van der Waals surface area contributed by atoms with Gasteiger partial charge in [0.15, 0.2) is 0 Å². The highest BCUT2D eigenvalue weighted by Crippen LogP contribution is 2.32. The predicted molar refractivity (Wildman–Crippen MR) is 63.5 cm³/mol. The SMILES string of the molecule is CCC(C)c1[nH]nc2cccc(OC)c12.[HH]. The molecule has 0 fully saturated rings. The third-order valence-corrected chi connectivity index (χ3v) is 2.90. The minimum atomic E-state index is 0. The van der Waals surface area contributed by atoms with Gasteiger partial charge in [0.05, 0.1) is 18.0 Å². The number of aromatic amines is 1. The van der Waals surface area contributed by atoms with Crippen molar-refractivity contribution in [2.75, 3.05) is 7.11 Å². The Bertz CT molecular complexity index is 467. The van der Waals surface area contributed by atoms with Crippen molar-refractivity contribution in [3.05, 3.63) is 23.9 Å². The Morgan fingerprint density at radius 2 is 2.33 bits per heavy atom. The van der Waals surface area contributed by atoms with E-state index in [0.29, 0.717) is 5.92 Å². The molecule has 15 heavy (non-hydrogen) atoms. The Kier molecular flexibility index (Phi) is 2.62. The molecule has 1 atom stereocenters.